The molecule has 1 aliphatic carbocycles. The molecule has 1 aromatic rings. The Morgan fingerprint density at radius 3 is 2.80 bits per heavy atom. The highest BCUT2D eigenvalue weighted by Crippen LogP contribution is 2.37. The van der Waals surface area contributed by atoms with Crippen molar-refractivity contribution in [1.29, 1.82) is 0 Å². The van der Waals surface area contributed by atoms with E-state index in [-0.39, 0.29) is 30.0 Å². The molecule has 0 radical (unpaired) electrons. The van der Waals surface area contributed by atoms with Crippen LogP contribution in [0.4, 0.5) is 11.5 Å². The summed E-state index contributed by atoms with van der Waals surface area (Å²) in [6.45, 7) is 0.571. The Hall–Kier alpha value is -1.96. The molecule has 20 heavy (non-hydrogen) atoms. The first-order valence-electron chi connectivity index (χ1n) is 6.60. The molecule has 1 heterocycles. The molecule has 2 rings (SSSR count). The molecule has 1 aromatic heterocycles. The van der Waals surface area contributed by atoms with Gasteiger partial charge in [-0.1, -0.05) is 0 Å². The molecule has 1 N–H and O–H groups in total. The van der Waals surface area contributed by atoms with Gasteiger partial charge in [0.15, 0.2) is 0 Å². The number of aliphatic hydroxyl groups is 1. The van der Waals surface area contributed by atoms with Crippen molar-refractivity contribution in [3.05, 3.63) is 16.4 Å². The van der Waals surface area contributed by atoms with E-state index < -0.39 is 4.92 Å². The van der Waals surface area contributed by atoms with Gasteiger partial charge in [0.05, 0.1) is 12.0 Å². The smallest absolute Gasteiger partial charge is 0.372 e. The van der Waals surface area contributed by atoms with Crippen LogP contribution in [-0.4, -0.2) is 46.3 Å². The monoisotopic (exact) mass is 282 g/mol. The molecule has 0 atom stereocenters. The van der Waals surface area contributed by atoms with Gasteiger partial charge < -0.3 is 14.7 Å². The summed E-state index contributed by atoms with van der Waals surface area (Å²) in [4.78, 5) is 20.5. The maximum Gasteiger partial charge on any atom is 0.372 e. The lowest BCUT2D eigenvalue weighted by Gasteiger charge is -2.37. The second-order valence-corrected chi connectivity index (χ2v) is 4.67. The zero-order valence-electron chi connectivity index (χ0n) is 11.4. The van der Waals surface area contributed by atoms with E-state index in [1.54, 1.807) is 0 Å². The second kappa shape index (κ2) is 6.47. The number of hydrogen-bond acceptors (Lipinski definition) is 7. The van der Waals surface area contributed by atoms with E-state index in [2.05, 4.69) is 9.97 Å². The van der Waals surface area contributed by atoms with E-state index in [4.69, 9.17) is 9.84 Å². The Kier molecular flexibility index (Phi) is 4.67. The standard InChI is InChI=1S/C12H18N4O4/c1-20-12-10(16(18)19)11(13-8-14-12)15(6-3-7-17)9-4-2-5-9/h8-9,17H,2-7H2,1H3. The molecule has 1 saturated carbocycles. The minimum Gasteiger partial charge on any atom is -0.476 e. The van der Waals surface area contributed by atoms with Gasteiger partial charge in [-0.25, -0.2) is 4.98 Å². The van der Waals surface area contributed by atoms with Crippen LogP contribution in [0.15, 0.2) is 6.33 Å². The van der Waals surface area contributed by atoms with Crippen molar-refractivity contribution >= 4 is 11.5 Å². The van der Waals surface area contributed by atoms with Gasteiger partial charge in [0, 0.05) is 19.2 Å². The minimum atomic E-state index is -0.515. The van der Waals surface area contributed by atoms with E-state index in [9.17, 15) is 10.1 Å². The van der Waals surface area contributed by atoms with Crippen molar-refractivity contribution in [3.63, 3.8) is 0 Å². The Morgan fingerprint density at radius 1 is 1.55 bits per heavy atom. The van der Waals surface area contributed by atoms with Crippen molar-refractivity contribution in [1.82, 2.24) is 9.97 Å². The number of hydrogen-bond donors (Lipinski definition) is 1. The Balaban J connectivity index is 2.38. The zero-order chi connectivity index (χ0) is 14.5. The Morgan fingerprint density at radius 2 is 2.30 bits per heavy atom. The first-order chi connectivity index (χ1) is 9.69. The van der Waals surface area contributed by atoms with Crippen LogP contribution in [0.2, 0.25) is 0 Å². The lowest BCUT2D eigenvalue weighted by Crippen LogP contribution is -2.42. The van der Waals surface area contributed by atoms with Crippen LogP contribution in [0.1, 0.15) is 25.7 Å². The van der Waals surface area contributed by atoms with Crippen molar-refractivity contribution in [2.24, 2.45) is 0 Å². The average molecular weight is 282 g/mol. The Labute approximate surface area is 116 Å². The van der Waals surface area contributed by atoms with Gasteiger partial charge in [-0.05, 0) is 25.7 Å². The molecule has 1 fully saturated rings. The van der Waals surface area contributed by atoms with Crippen LogP contribution in [-0.2, 0) is 0 Å². The summed E-state index contributed by atoms with van der Waals surface area (Å²) in [6, 6.07) is 0.236. The summed E-state index contributed by atoms with van der Waals surface area (Å²) in [5.74, 6) is 0.244. The van der Waals surface area contributed by atoms with Crippen LogP contribution in [0.3, 0.4) is 0 Å². The van der Waals surface area contributed by atoms with Crippen LogP contribution >= 0.6 is 0 Å². The lowest BCUT2D eigenvalue weighted by atomic mass is 9.91. The molecular formula is C12H18N4O4. The fraction of sp³-hybridized carbons (Fsp3) is 0.667. The molecule has 0 bridgehead atoms. The highest BCUT2D eigenvalue weighted by Gasteiger charge is 2.33. The van der Waals surface area contributed by atoms with Crippen LogP contribution in [0.5, 0.6) is 5.88 Å². The highest BCUT2D eigenvalue weighted by molar-refractivity contribution is 5.63. The van der Waals surface area contributed by atoms with Crippen molar-refractivity contribution < 1.29 is 14.8 Å². The number of ether oxygens (including phenoxy) is 1. The van der Waals surface area contributed by atoms with Gasteiger partial charge in [-0.3, -0.25) is 10.1 Å². The van der Waals surface area contributed by atoms with Crippen molar-refractivity contribution in [3.8, 4) is 5.88 Å². The van der Waals surface area contributed by atoms with E-state index in [0.717, 1.165) is 19.3 Å². The quantitative estimate of drug-likeness (QED) is 0.590. The van der Waals surface area contributed by atoms with E-state index in [0.29, 0.717) is 13.0 Å². The molecule has 0 aromatic carbocycles. The molecule has 0 amide bonds. The minimum absolute atomic E-state index is 0.0340. The predicted octanol–water partition coefficient (Wildman–Crippen LogP) is 1.13. The fourth-order valence-electron chi connectivity index (χ4n) is 2.27. The third-order valence-corrected chi connectivity index (χ3v) is 3.49. The van der Waals surface area contributed by atoms with Gasteiger partial charge in [0.2, 0.25) is 5.82 Å². The van der Waals surface area contributed by atoms with Crippen molar-refractivity contribution in [2.75, 3.05) is 25.2 Å². The van der Waals surface area contributed by atoms with Crippen LogP contribution in [0.25, 0.3) is 0 Å². The van der Waals surface area contributed by atoms with E-state index in [1.165, 1.54) is 13.4 Å². The van der Waals surface area contributed by atoms with Crippen LogP contribution in [0, 0.1) is 10.1 Å². The summed E-state index contributed by atoms with van der Waals surface area (Å²) in [5, 5.41) is 20.3. The topological polar surface area (TPSA) is 102 Å². The van der Waals surface area contributed by atoms with Gasteiger partial charge in [-0.15, -0.1) is 0 Å². The summed E-state index contributed by atoms with van der Waals surface area (Å²) < 4.78 is 4.96. The normalized spacial score (nSPS) is 14.7. The molecule has 0 spiro atoms. The van der Waals surface area contributed by atoms with Crippen LogP contribution < -0.4 is 9.64 Å². The number of nitro groups is 1. The molecule has 1 aliphatic rings. The number of methoxy groups -OCH3 is 1. The molecule has 110 valence electrons. The third kappa shape index (κ3) is 2.79. The Bertz CT molecular complexity index is 479. The molecule has 0 aliphatic heterocycles. The summed E-state index contributed by atoms with van der Waals surface area (Å²) in [7, 11) is 1.35. The number of aliphatic hydroxyl groups excluding tert-OH is 1. The first kappa shape index (κ1) is 14.4. The SMILES string of the molecule is COc1ncnc(N(CCCO)C2CCC2)c1[N+](=O)[O-]. The number of anilines is 1. The summed E-state index contributed by atoms with van der Waals surface area (Å²) >= 11 is 0. The number of rotatable bonds is 7. The van der Waals surface area contributed by atoms with E-state index in [1.807, 2.05) is 4.90 Å². The van der Waals surface area contributed by atoms with Crippen molar-refractivity contribution in [2.45, 2.75) is 31.7 Å². The molecule has 8 nitrogen and oxygen atoms in total. The number of nitrogens with zero attached hydrogens (tertiary/aromatic N) is 4. The third-order valence-electron chi connectivity index (χ3n) is 3.49. The molecular weight excluding hydrogens is 264 g/mol. The summed E-state index contributed by atoms with van der Waals surface area (Å²) in [6.07, 6.45) is 4.88. The van der Waals surface area contributed by atoms with Gasteiger partial charge >= 0.3 is 5.69 Å². The maximum absolute atomic E-state index is 11.3. The zero-order valence-corrected chi connectivity index (χ0v) is 11.4. The second-order valence-electron chi connectivity index (χ2n) is 4.67. The van der Waals surface area contributed by atoms with E-state index >= 15 is 0 Å². The molecule has 8 heteroatoms. The van der Waals surface area contributed by atoms with Gasteiger partial charge in [0.25, 0.3) is 5.88 Å². The number of aromatic nitrogens is 2. The molecule has 0 unspecified atom stereocenters. The first-order valence-corrected chi connectivity index (χ1v) is 6.60. The largest absolute Gasteiger partial charge is 0.476 e. The fourth-order valence-corrected chi connectivity index (χ4v) is 2.27. The van der Waals surface area contributed by atoms with Gasteiger partial charge in [0.1, 0.15) is 6.33 Å². The summed E-state index contributed by atoms with van der Waals surface area (Å²) in [5.41, 5.74) is -0.208. The average Bonchev–Trinajstić information content (AvgIpc) is 2.40. The van der Waals surface area contributed by atoms with Gasteiger partial charge in [-0.2, -0.15) is 4.98 Å². The molecule has 0 saturated heterocycles. The highest BCUT2D eigenvalue weighted by atomic mass is 16.6. The maximum atomic E-state index is 11.3. The predicted molar refractivity (Wildman–Crippen MR) is 71.9 cm³/mol. The lowest BCUT2D eigenvalue weighted by molar-refractivity contribution is -0.385.